The maximum atomic E-state index is 11.4. The van der Waals surface area contributed by atoms with E-state index in [1.807, 2.05) is 18.7 Å². The summed E-state index contributed by atoms with van der Waals surface area (Å²) >= 11 is 0. The SMILES string of the molecule is CCN(CC)c1nc(N)nc(NCC2CCS(=O)(=O)C2)n1. The minimum atomic E-state index is -2.86. The second kappa shape index (κ2) is 6.42. The van der Waals surface area contributed by atoms with Crippen LogP contribution in [-0.4, -0.2) is 54.5 Å². The molecule has 1 aromatic heterocycles. The summed E-state index contributed by atoms with van der Waals surface area (Å²) < 4.78 is 22.9. The number of sulfone groups is 1. The molecule has 1 saturated heterocycles. The van der Waals surface area contributed by atoms with E-state index < -0.39 is 9.84 Å². The standard InChI is InChI=1S/C12H22N6O2S/c1-3-18(4-2)12-16-10(13)15-11(17-12)14-7-9-5-6-21(19,20)8-9/h9H,3-8H2,1-2H3,(H3,13,14,15,16,17). The molecule has 9 heteroatoms. The van der Waals surface area contributed by atoms with Crippen LogP contribution in [0.4, 0.5) is 17.8 Å². The van der Waals surface area contributed by atoms with Gasteiger partial charge in [0.25, 0.3) is 0 Å². The van der Waals surface area contributed by atoms with Crippen molar-refractivity contribution in [2.75, 3.05) is 47.1 Å². The Bertz CT molecular complexity index is 587. The Balaban J connectivity index is 2.03. The summed E-state index contributed by atoms with van der Waals surface area (Å²) in [5.41, 5.74) is 5.71. The lowest BCUT2D eigenvalue weighted by Crippen LogP contribution is -2.26. The van der Waals surface area contributed by atoms with Gasteiger partial charge in [-0.2, -0.15) is 15.0 Å². The summed E-state index contributed by atoms with van der Waals surface area (Å²) in [7, 11) is -2.86. The fourth-order valence-corrected chi connectivity index (χ4v) is 4.24. The molecule has 1 fully saturated rings. The third-order valence-corrected chi connectivity index (χ3v) is 5.40. The van der Waals surface area contributed by atoms with Crippen molar-refractivity contribution < 1.29 is 8.42 Å². The zero-order valence-corrected chi connectivity index (χ0v) is 13.2. The molecule has 0 bridgehead atoms. The monoisotopic (exact) mass is 314 g/mol. The lowest BCUT2D eigenvalue weighted by molar-refractivity contribution is 0.595. The molecule has 21 heavy (non-hydrogen) atoms. The average Bonchev–Trinajstić information content (AvgIpc) is 2.77. The van der Waals surface area contributed by atoms with Crippen molar-refractivity contribution in [2.24, 2.45) is 5.92 Å². The number of rotatable bonds is 6. The Kier molecular flexibility index (Phi) is 4.81. The van der Waals surface area contributed by atoms with E-state index in [0.717, 1.165) is 13.1 Å². The largest absolute Gasteiger partial charge is 0.368 e. The second-order valence-electron chi connectivity index (χ2n) is 5.14. The zero-order valence-electron chi connectivity index (χ0n) is 12.4. The first-order valence-corrected chi connectivity index (χ1v) is 8.96. The molecular formula is C12H22N6O2S. The van der Waals surface area contributed by atoms with E-state index >= 15 is 0 Å². The summed E-state index contributed by atoms with van der Waals surface area (Å²) in [5.74, 6) is 1.69. The highest BCUT2D eigenvalue weighted by atomic mass is 32.2. The molecule has 1 unspecified atom stereocenters. The third-order valence-electron chi connectivity index (χ3n) is 3.56. The highest BCUT2D eigenvalue weighted by Gasteiger charge is 2.27. The lowest BCUT2D eigenvalue weighted by atomic mass is 10.1. The normalized spacial score (nSPS) is 20.4. The van der Waals surface area contributed by atoms with Crippen molar-refractivity contribution in [1.29, 1.82) is 0 Å². The summed E-state index contributed by atoms with van der Waals surface area (Å²) in [6.07, 6.45) is 0.679. The molecule has 0 aliphatic carbocycles. The Morgan fingerprint density at radius 3 is 2.57 bits per heavy atom. The number of aromatic nitrogens is 3. The summed E-state index contributed by atoms with van der Waals surface area (Å²) in [5, 5.41) is 3.08. The van der Waals surface area contributed by atoms with Gasteiger partial charge < -0.3 is 16.0 Å². The zero-order chi connectivity index (χ0) is 15.5. The second-order valence-corrected chi connectivity index (χ2v) is 7.37. The van der Waals surface area contributed by atoms with Gasteiger partial charge in [0.2, 0.25) is 17.8 Å². The quantitative estimate of drug-likeness (QED) is 0.762. The first kappa shape index (κ1) is 15.7. The Hall–Kier alpha value is -1.64. The molecule has 1 atom stereocenters. The molecule has 0 saturated carbocycles. The van der Waals surface area contributed by atoms with Gasteiger partial charge in [0.05, 0.1) is 11.5 Å². The average molecular weight is 314 g/mol. The number of hydrogen-bond donors (Lipinski definition) is 2. The van der Waals surface area contributed by atoms with Gasteiger partial charge >= 0.3 is 0 Å². The Morgan fingerprint density at radius 2 is 2.00 bits per heavy atom. The lowest BCUT2D eigenvalue weighted by Gasteiger charge is -2.19. The summed E-state index contributed by atoms with van der Waals surface area (Å²) in [6, 6.07) is 0. The molecule has 0 aromatic carbocycles. The van der Waals surface area contributed by atoms with Crippen molar-refractivity contribution >= 4 is 27.7 Å². The van der Waals surface area contributed by atoms with Crippen molar-refractivity contribution in [3.63, 3.8) is 0 Å². The van der Waals surface area contributed by atoms with Crippen LogP contribution in [-0.2, 0) is 9.84 Å². The molecule has 8 nitrogen and oxygen atoms in total. The fourth-order valence-electron chi connectivity index (χ4n) is 2.38. The van der Waals surface area contributed by atoms with Crippen molar-refractivity contribution in [3.05, 3.63) is 0 Å². The van der Waals surface area contributed by atoms with Gasteiger partial charge in [-0.05, 0) is 26.2 Å². The van der Waals surface area contributed by atoms with Crippen LogP contribution in [0.25, 0.3) is 0 Å². The van der Waals surface area contributed by atoms with Gasteiger partial charge in [0.1, 0.15) is 0 Å². The van der Waals surface area contributed by atoms with E-state index in [9.17, 15) is 8.42 Å². The number of nitrogens with one attached hydrogen (secondary N) is 1. The molecule has 0 radical (unpaired) electrons. The highest BCUT2D eigenvalue weighted by Crippen LogP contribution is 2.19. The van der Waals surface area contributed by atoms with Crippen LogP contribution in [0.15, 0.2) is 0 Å². The van der Waals surface area contributed by atoms with Crippen LogP contribution in [0.2, 0.25) is 0 Å². The summed E-state index contributed by atoms with van der Waals surface area (Å²) in [4.78, 5) is 14.5. The predicted molar refractivity (Wildman–Crippen MR) is 83.1 cm³/mol. The first-order chi connectivity index (χ1) is 9.93. The van der Waals surface area contributed by atoms with Crippen LogP contribution in [0, 0.1) is 5.92 Å². The number of hydrogen-bond acceptors (Lipinski definition) is 8. The van der Waals surface area contributed by atoms with E-state index in [0.29, 0.717) is 24.9 Å². The molecule has 3 N–H and O–H groups in total. The molecule has 1 aliphatic heterocycles. The van der Waals surface area contributed by atoms with Crippen LogP contribution >= 0.6 is 0 Å². The number of anilines is 3. The van der Waals surface area contributed by atoms with Crippen molar-refractivity contribution in [3.8, 4) is 0 Å². The van der Waals surface area contributed by atoms with E-state index in [2.05, 4.69) is 20.3 Å². The molecule has 2 rings (SSSR count). The fraction of sp³-hybridized carbons (Fsp3) is 0.750. The number of nitrogens with two attached hydrogens (primary N) is 1. The minimum absolute atomic E-state index is 0.102. The van der Waals surface area contributed by atoms with Gasteiger partial charge in [0, 0.05) is 19.6 Å². The maximum Gasteiger partial charge on any atom is 0.231 e. The highest BCUT2D eigenvalue weighted by molar-refractivity contribution is 7.91. The van der Waals surface area contributed by atoms with E-state index in [1.165, 1.54) is 0 Å². The maximum absolute atomic E-state index is 11.4. The van der Waals surface area contributed by atoms with Gasteiger partial charge in [-0.25, -0.2) is 8.42 Å². The minimum Gasteiger partial charge on any atom is -0.368 e. The molecule has 118 valence electrons. The van der Waals surface area contributed by atoms with Gasteiger partial charge in [-0.1, -0.05) is 0 Å². The molecule has 0 amide bonds. The smallest absolute Gasteiger partial charge is 0.231 e. The molecule has 1 aliphatic rings. The van der Waals surface area contributed by atoms with Crippen LogP contribution in [0.1, 0.15) is 20.3 Å². The first-order valence-electron chi connectivity index (χ1n) is 7.14. The van der Waals surface area contributed by atoms with Crippen LogP contribution in [0.3, 0.4) is 0 Å². The number of nitrogens with zero attached hydrogens (tertiary/aromatic N) is 4. The van der Waals surface area contributed by atoms with Crippen molar-refractivity contribution in [2.45, 2.75) is 20.3 Å². The third kappa shape index (κ3) is 4.16. The van der Waals surface area contributed by atoms with Crippen molar-refractivity contribution in [1.82, 2.24) is 15.0 Å². The summed E-state index contributed by atoms with van der Waals surface area (Å²) in [6.45, 7) is 6.11. The van der Waals surface area contributed by atoms with E-state index in [-0.39, 0.29) is 23.4 Å². The molecular weight excluding hydrogens is 292 g/mol. The Labute approximate surface area is 125 Å². The number of nitrogen functional groups attached to an aromatic ring is 1. The molecule has 0 spiro atoms. The van der Waals surface area contributed by atoms with Gasteiger partial charge in [-0.15, -0.1) is 0 Å². The van der Waals surface area contributed by atoms with Crippen LogP contribution < -0.4 is 16.0 Å². The van der Waals surface area contributed by atoms with E-state index in [4.69, 9.17) is 5.73 Å². The Morgan fingerprint density at radius 1 is 1.29 bits per heavy atom. The topological polar surface area (TPSA) is 114 Å². The van der Waals surface area contributed by atoms with Crippen LogP contribution in [0.5, 0.6) is 0 Å². The van der Waals surface area contributed by atoms with Gasteiger partial charge in [-0.3, -0.25) is 0 Å². The van der Waals surface area contributed by atoms with E-state index in [1.54, 1.807) is 0 Å². The predicted octanol–water partition coefficient (Wildman–Crippen LogP) is 0.147. The molecule has 2 heterocycles. The van der Waals surface area contributed by atoms with Gasteiger partial charge in [0.15, 0.2) is 9.84 Å². The molecule has 1 aromatic rings.